The van der Waals surface area contributed by atoms with E-state index >= 15 is 0 Å². The van der Waals surface area contributed by atoms with Crippen LogP contribution in [0.25, 0.3) is 0 Å². The summed E-state index contributed by atoms with van der Waals surface area (Å²) in [5, 5.41) is 106. The number of hydrogen-bond acceptors (Lipinski definition) is 9. The first-order chi connectivity index (χ1) is 48.1. The Kier molecular flexibility index (Phi) is 20.8. The Morgan fingerprint density at radius 3 is 0.548 bits per heavy atom. The Bertz CT molecular complexity index is 4420. The van der Waals surface area contributed by atoms with Gasteiger partial charge in [0.05, 0.1) is 0 Å². The van der Waals surface area contributed by atoms with E-state index in [0.717, 1.165) is 106 Å². The first kappa shape index (κ1) is 77.0. The molecule has 0 amide bonds. The van der Waals surface area contributed by atoms with Crippen LogP contribution in [-0.2, 0) is 81.8 Å². The fraction of sp³-hybridized carbons (Fsp3) is 0.368. The lowest BCUT2D eigenvalue weighted by Gasteiger charge is -2.35. The summed E-state index contributed by atoms with van der Waals surface area (Å²) in [7, 11) is 0. The van der Waals surface area contributed by atoms with Gasteiger partial charge in [-0.1, -0.05) is 272 Å². The highest BCUT2D eigenvalue weighted by molar-refractivity contribution is 5.62. The third kappa shape index (κ3) is 16.5. The van der Waals surface area contributed by atoms with E-state index in [1.165, 1.54) is 0 Å². The van der Waals surface area contributed by atoms with Gasteiger partial charge in [0.1, 0.15) is 51.7 Å². The molecule has 0 aliphatic carbocycles. The molecule has 0 saturated carbocycles. The smallest absolute Gasteiger partial charge is 0.122 e. The van der Waals surface area contributed by atoms with Crippen LogP contribution in [0.4, 0.5) is 0 Å². The minimum absolute atomic E-state index is 0.132. The van der Waals surface area contributed by atoms with Crippen molar-refractivity contribution in [2.24, 2.45) is 0 Å². The molecule has 9 heteroatoms. The molecule has 0 aromatic heterocycles. The summed E-state index contributed by atoms with van der Waals surface area (Å²) in [5.41, 5.74) is 15.0. The molecule has 10 aromatic rings. The summed E-state index contributed by atoms with van der Waals surface area (Å²) in [5.74, 6) is 1.68. The summed E-state index contributed by atoms with van der Waals surface area (Å²) in [6, 6.07) is 55.6. The van der Waals surface area contributed by atoms with Gasteiger partial charge in [0.15, 0.2) is 0 Å². The van der Waals surface area contributed by atoms with E-state index in [4.69, 9.17) is 0 Å². The van der Waals surface area contributed by atoms with E-state index in [1.807, 2.05) is 72.8 Å². The molecule has 0 aliphatic rings. The summed E-state index contributed by atoms with van der Waals surface area (Å²) in [6.45, 7) is 44.0. The number of phenols is 9. The lowest BCUT2D eigenvalue weighted by Crippen LogP contribution is -2.27. The molecule has 0 radical (unpaired) electrons. The Hall–Kier alpha value is -9.60. The SMILES string of the molecule is CC(C)(C)c1cc(Cc2cc(C(C)(C)c3ccc(C(C)(c4cc(Cc5ccc(O)c(C(C)(C)C)c5)c(O)c(Cc5ccc(O)c(C(C)(C)C)c5)c4)c4cc(Cc5ccc(O)c(C(C)(C)C)c5)c(O)c(Cc5ccc(O)c(C(C)(C)C)c5)c4)cc3)cc(Cc3ccc(O)c(C(C)(C)C)c3)c2O)ccc1O. The fourth-order valence-electron chi connectivity index (χ4n) is 15.0. The molecule has 0 saturated heterocycles. The highest BCUT2D eigenvalue weighted by atomic mass is 16.3. The van der Waals surface area contributed by atoms with Crippen molar-refractivity contribution in [3.8, 4) is 51.7 Å². The van der Waals surface area contributed by atoms with E-state index in [9.17, 15) is 46.0 Å². The van der Waals surface area contributed by atoms with Gasteiger partial charge in [-0.15, -0.1) is 0 Å². The molecule has 0 unspecified atom stereocenters. The molecule has 546 valence electrons. The van der Waals surface area contributed by atoms with Gasteiger partial charge >= 0.3 is 0 Å². The van der Waals surface area contributed by atoms with Gasteiger partial charge in [-0.25, -0.2) is 0 Å². The maximum atomic E-state index is 13.0. The molecule has 10 aromatic carbocycles. The summed E-state index contributed by atoms with van der Waals surface area (Å²) in [4.78, 5) is 0. The normalized spacial score (nSPS) is 12.9. The van der Waals surface area contributed by atoms with E-state index in [0.29, 0.717) is 60.8 Å². The molecule has 0 atom stereocenters. The third-order valence-corrected chi connectivity index (χ3v) is 21.4. The van der Waals surface area contributed by atoms with E-state index < -0.39 is 32.5 Å². The minimum atomic E-state index is -1.07. The van der Waals surface area contributed by atoms with Gasteiger partial charge in [0.2, 0.25) is 0 Å². The molecular formula is C95H112O9. The van der Waals surface area contributed by atoms with Crippen molar-refractivity contribution in [2.45, 2.75) is 227 Å². The van der Waals surface area contributed by atoms with Crippen LogP contribution in [0.15, 0.2) is 170 Å². The lowest BCUT2D eigenvalue weighted by molar-refractivity contribution is 0.445. The van der Waals surface area contributed by atoms with Gasteiger partial charge in [-0.3, -0.25) is 0 Å². The van der Waals surface area contributed by atoms with Crippen molar-refractivity contribution in [3.05, 3.63) is 298 Å². The number of rotatable bonds is 17. The maximum absolute atomic E-state index is 13.0. The molecule has 0 spiro atoms. The number of benzene rings is 10. The number of phenolic OH excluding ortho intramolecular Hbond substituents is 9. The molecule has 9 N–H and O–H groups in total. The Labute approximate surface area is 619 Å². The van der Waals surface area contributed by atoms with Gasteiger partial charge in [-0.2, -0.15) is 0 Å². The number of hydrogen-bond donors (Lipinski definition) is 9. The Morgan fingerprint density at radius 1 is 0.192 bits per heavy atom. The van der Waals surface area contributed by atoms with E-state index in [1.54, 1.807) is 36.4 Å². The standard InChI is InChI=1S/C95H112O9/c1-88(2,3)73-44-56(22-32-79(73)96)38-62-50-70(51-63(85(62)102)39-57-23-33-80(97)74(45-57)89(4,5)6)94(19,20)68-28-30-69(31-29-68)95(21,71-52-64(40-58-24-34-81(98)75(46-58)90(7,8)9)86(103)65(53-71)41-59-25-35-82(99)76(47-59)91(10,11)12)72-54-66(42-60-26-36-83(100)77(48-60)92(13,14)15)87(104)67(55-72)43-61-27-37-84(101)78(49-61)93(16,17)18/h22-37,44-55,96-104H,38-43H2,1-21H3. The average Bonchev–Trinajstić information content (AvgIpc) is 0.736. The quantitative estimate of drug-likeness (QED) is 0.0401. The van der Waals surface area contributed by atoms with E-state index in [-0.39, 0.29) is 62.6 Å². The molecule has 104 heavy (non-hydrogen) atoms. The van der Waals surface area contributed by atoms with Crippen LogP contribution in [0.1, 0.15) is 273 Å². The number of aromatic hydroxyl groups is 9. The van der Waals surface area contributed by atoms with Crippen molar-refractivity contribution in [2.75, 3.05) is 0 Å². The van der Waals surface area contributed by atoms with Crippen LogP contribution in [0.3, 0.4) is 0 Å². The molecule has 0 bridgehead atoms. The van der Waals surface area contributed by atoms with Crippen LogP contribution < -0.4 is 0 Å². The topological polar surface area (TPSA) is 182 Å². The zero-order valence-electron chi connectivity index (χ0n) is 65.4. The first-order valence-corrected chi connectivity index (χ1v) is 36.7. The summed E-state index contributed by atoms with van der Waals surface area (Å²) >= 11 is 0. The molecular weight excluding hydrogens is 1290 g/mol. The van der Waals surface area contributed by atoms with Crippen molar-refractivity contribution >= 4 is 0 Å². The first-order valence-electron chi connectivity index (χ1n) is 36.7. The Balaban J connectivity index is 1.23. The largest absolute Gasteiger partial charge is 0.508 e. The third-order valence-electron chi connectivity index (χ3n) is 21.4. The van der Waals surface area contributed by atoms with Crippen LogP contribution in [0.5, 0.6) is 51.7 Å². The molecule has 9 nitrogen and oxygen atoms in total. The molecule has 0 heterocycles. The predicted molar refractivity (Wildman–Crippen MR) is 426 cm³/mol. The van der Waals surface area contributed by atoms with Crippen LogP contribution >= 0.6 is 0 Å². The molecule has 0 fully saturated rings. The molecule has 0 aliphatic heterocycles. The van der Waals surface area contributed by atoms with Crippen LogP contribution in [0.2, 0.25) is 0 Å². The van der Waals surface area contributed by atoms with Gasteiger partial charge in [-0.05, 0) is 204 Å². The highest BCUT2D eigenvalue weighted by Crippen LogP contribution is 2.49. The second-order valence-electron chi connectivity index (χ2n) is 36.4. The summed E-state index contributed by atoms with van der Waals surface area (Å²) < 4.78 is 0. The second-order valence-corrected chi connectivity index (χ2v) is 36.4. The van der Waals surface area contributed by atoms with E-state index in [2.05, 4.69) is 206 Å². The highest BCUT2D eigenvalue weighted by Gasteiger charge is 2.37. The van der Waals surface area contributed by atoms with Crippen molar-refractivity contribution in [1.29, 1.82) is 0 Å². The average molecular weight is 1400 g/mol. The lowest BCUT2D eigenvalue weighted by atomic mass is 9.68. The van der Waals surface area contributed by atoms with Crippen molar-refractivity contribution in [3.63, 3.8) is 0 Å². The predicted octanol–water partition coefficient (Wildman–Crippen LogP) is 22.0. The van der Waals surface area contributed by atoms with Gasteiger partial charge in [0, 0.05) is 49.4 Å². The zero-order valence-corrected chi connectivity index (χ0v) is 65.4. The van der Waals surface area contributed by atoms with Crippen molar-refractivity contribution < 1.29 is 46.0 Å². The summed E-state index contributed by atoms with van der Waals surface area (Å²) in [6.07, 6.45) is 2.04. The molecule has 10 rings (SSSR count). The fourth-order valence-corrected chi connectivity index (χ4v) is 15.0. The van der Waals surface area contributed by atoms with Gasteiger partial charge in [0.25, 0.3) is 0 Å². The zero-order chi connectivity index (χ0) is 76.5. The Morgan fingerprint density at radius 2 is 0.365 bits per heavy atom. The second kappa shape index (κ2) is 28.1. The van der Waals surface area contributed by atoms with Crippen LogP contribution in [0, 0.1) is 0 Å². The maximum Gasteiger partial charge on any atom is 0.122 e. The monoisotopic (exact) mass is 1400 g/mol. The van der Waals surface area contributed by atoms with Crippen molar-refractivity contribution in [1.82, 2.24) is 0 Å². The van der Waals surface area contributed by atoms with Gasteiger partial charge < -0.3 is 46.0 Å². The minimum Gasteiger partial charge on any atom is -0.508 e. The van der Waals surface area contributed by atoms with Crippen LogP contribution in [-0.4, -0.2) is 46.0 Å².